The summed E-state index contributed by atoms with van der Waals surface area (Å²) in [6, 6.07) is 19.3. The van der Waals surface area contributed by atoms with E-state index in [1.807, 2.05) is 30.3 Å². The third-order valence-electron chi connectivity index (χ3n) is 5.97. The molecule has 3 aromatic carbocycles. The van der Waals surface area contributed by atoms with Crippen LogP contribution >= 0.6 is 0 Å². The fraction of sp³-hybridized carbons (Fsp3) is 0.200. The number of halogens is 1. The van der Waals surface area contributed by atoms with Crippen LogP contribution in [0.15, 0.2) is 72.8 Å². The average Bonchev–Trinajstić information content (AvgIpc) is 3.35. The summed E-state index contributed by atoms with van der Waals surface area (Å²) in [6.45, 7) is 0. The molecule has 7 nitrogen and oxygen atoms in total. The minimum Gasteiger partial charge on any atom is -0.497 e. The Balaban J connectivity index is 1.58. The molecule has 2 aliphatic heterocycles. The molecule has 33 heavy (non-hydrogen) atoms. The van der Waals surface area contributed by atoms with Gasteiger partial charge < -0.3 is 9.47 Å². The van der Waals surface area contributed by atoms with Crippen molar-refractivity contribution in [3.63, 3.8) is 0 Å². The summed E-state index contributed by atoms with van der Waals surface area (Å²) < 4.78 is 24.3. The van der Waals surface area contributed by atoms with Crippen molar-refractivity contribution in [3.8, 4) is 11.5 Å². The van der Waals surface area contributed by atoms with E-state index in [0.717, 1.165) is 4.90 Å². The van der Waals surface area contributed by atoms with E-state index < -0.39 is 29.9 Å². The highest BCUT2D eigenvalue weighted by molar-refractivity contribution is 6.24. The Labute approximate surface area is 189 Å². The quantitative estimate of drug-likeness (QED) is 0.552. The van der Waals surface area contributed by atoms with Crippen LogP contribution in [-0.2, 0) is 14.4 Å². The summed E-state index contributed by atoms with van der Waals surface area (Å²) in [5.41, 5.74) is 1.67. The van der Waals surface area contributed by atoms with Crippen LogP contribution in [0.1, 0.15) is 11.6 Å². The van der Waals surface area contributed by atoms with E-state index in [0.29, 0.717) is 28.4 Å². The molecule has 5 rings (SSSR count). The van der Waals surface area contributed by atoms with E-state index in [1.54, 1.807) is 35.4 Å². The number of ether oxygens (including phenoxy) is 2. The minimum absolute atomic E-state index is 0.315. The molecule has 0 bridgehead atoms. The van der Waals surface area contributed by atoms with Gasteiger partial charge in [0.25, 0.3) is 5.91 Å². The van der Waals surface area contributed by atoms with E-state index in [-0.39, 0.29) is 5.82 Å². The highest BCUT2D eigenvalue weighted by atomic mass is 19.1. The Morgan fingerprint density at radius 2 is 1.61 bits per heavy atom. The number of amides is 2. The summed E-state index contributed by atoms with van der Waals surface area (Å²) in [4.78, 5) is 34.3. The highest BCUT2D eigenvalue weighted by Crippen LogP contribution is 2.48. The van der Waals surface area contributed by atoms with E-state index >= 15 is 0 Å². The molecule has 2 heterocycles. The Hall–Kier alpha value is -3.91. The molecule has 168 valence electrons. The van der Waals surface area contributed by atoms with Gasteiger partial charge in [-0.3, -0.25) is 14.4 Å². The zero-order valence-electron chi connectivity index (χ0n) is 18.0. The van der Waals surface area contributed by atoms with E-state index in [1.165, 1.54) is 26.4 Å². The van der Waals surface area contributed by atoms with Crippen molar-refractivity contribution in [2.75, 3.05) is 24.2 Å². The molecule has 0 aliphatic carbocycles. The fourth-order valence-corrected chi connectivity index (χ4v) is 4.42. The van der Waals surface area contributed by atoms with Gasteiger partial charge in [-0.15, -0.1) is 0 Å². The van der Waals surface area contributed by atoms with Crippen LogP contribution in [0.4, 0.5) is 15.8 Å². The zero-order chi connectivity index (χ0) is 23.1. The second kappa shape index (κ2) is 8.22. The summed E-state index contributed by atoms with van der Waals surface area (Å²) >= 11 is 0. The molecule has 0 radical (unpaired) electrons. The standard InChI is InChI=1S/C25H21FN2O5/c1-31-18-12-13-19(20(14-18)32-2)27-24(29)21-22(15-8-10-16(26)11-9-15)28(33-23(21)25(27)30)17-6-4-3-5-7-17/h3-14,21-23H,1-2H3/t21-,22+,23-/m0/s1. The smallest absolute Gasteiger partial charge is 0.266 e. The second-order valence-electron chi connectivity index (χ2n) is 7.76. The molecule has 8 heteroatoms. The normalized spacial score (nSPS) is 22.0. The van der Waals surface area contributed by atoms with E-state index in [9.17, 15) is 14.0 Å². The topological polar surface area (TPSA) is 68.3 Å². The molecule has 0 N–H and O–H groups in total. The van der Waals surface area contributed by atoms with Gasteiger partial charge in [0, 0.05) is 6.07 Å². The number of fused-ring (bicyclic) bond motifs is 1. The molecule has 0 aromatic heterocycles. The van der Waals surface area contributed by atoms with Crippen LogP contribution in [0, 0.1) is 11.7 Å². The van der Waals surface area contributed by atoms with Crippen LogP contribution in [0.25, 0.3) is 0 Å². The summed E-state index contributed by atoms with van der Waals surface area (Å²) in [7, 11) is 2.98. The first kappa shape index (κ1) is 21.0. The van der Waals surface area contributed by atoms with Crippen molar-refractivity contribution in [1.82, 2.24) is 0 Å². The van der Waals surface area contributed by atoms with Crippen molar-refractivity contribution >= 4 is 23.2 Å². The number of para-hydroxylation sites is 1. The molecule has 2 aliphatic rings. The van der Waals surface area contributed by atoms with Gasteiger partial charge in [-0.1, -0.05) is 30.3 Å². The van der Waals surface area contributed by atoms with Crippen molar-refractivity contribution in [2.24, 2.45) is 5.92 Å². The van der Waals surface area contributed by atoms with Gasteiger partial charge >= 0.3 is 0 Å². The Morgan fingerprint density at radius 1 is 0.879 bits per heavy atom. The third kappa shape index (κ3) is 3.39. The lowest BCUT2D eigenvalue weighted by Gasteiger charge is -2.29. The van der Waals surface area contributed by atoms with E-state index in [4.69, 9.17) is 14.3 Å². The maximum Gasteiger partial charge on any atom is 0.266 e. The van der Waals surface area contributed by atoms with Gasteiger partial charge in [0.15, 0.2) is 6.10 Å². The predicted molar refractivity (Wildman–Crippen MR) is 118 cm³/mol. The lowest BCUT2D eigenvalue weighted by Crippen LogP contribution is -2.37. The number of imide groups is 1. The monoisotopic (exact) mass is 448 g/mol. The second-order valence-corrected chi connectivity index (χ2v) is 7.76. The molecule has 2 amide bonds. The lowest BCUT2D eigenvalue weighted by atomic mass is 9.90. The van der Waals surface area contributed by atoms with Crippen molar-refractivity contribution in [2.45, 2.75) is 12.1 Å². The number of rotatable bonds is 5. The Kier molecular flexibility index (Phi) is 5.22. The van der Waals surface area contributed by atoms with Gasteiger partial charge in [-0.25, -0.2) is 14.4 Å². The maximum absolute atomic E-state index is 13.7. The summed E-state index contributed by atoms with van der Waals surface area (Å²) in [6.07, 6.45) is -1.03. The van der Waals surface area contributed by atoms with Gasteiger partial charge in [0.1, 0.15) is 23.2 Å². The van der Waals surface area contributed by atoms with Crippen LogP contribution in [-0.4, -0.2) is 32.1 Å². The zero-order valence-corrected chi connectivity index (χ0v) is 18.0. The van der Waals surface area contributed by atoms with Crippen LogP contribution in [0.5, 0.6) is 11.5 Å². The summed E-state index contributed by atoms with van der Waals surface area (Å²) in [5, 5.41) is 1.57. The molecular weight excluding hydrogens is 427 g/mol. The van der Waals surface area contributed by atoms with Crippen molar-refractivity contribution < 1.29 is 28.3 Å². The SMILES string of the molecule is COc1ccc(N2C(=O)[C@@H]3[C@H](ON(c4ccccc4)[C@@H]3c3ccc(F)cc3)C2=O)c(OC)c1. The number of anilines is 2. The number of carbonyl (C=O) groups excluding carboxylic acids is 2. The van der Waals surface area contributed by atoms with Gasteiger partial charge in [-0.2, -0.15) is 0 Å². The molecular formula is C25H21FN2O5. The minimum atomic E-state index is -1.03. The van der Waals surface area contributed by atoms with Crippen LogP contribution < -0.4 is 19.4 Å². The van der Waals surface area contributed by atoms with E-state index in [2.05, 4.69) is 0 Å². The van der Waals surface area contributed by atoms with Crippen molar-refractivity contribution in [1.29, 1.82) is 0 Å². The van der Waals surface area contributed by atoms with Gasteiger partial charge in [0.05, 0.1) is 31.6 Å². The van der Waals surface area contributed by atoms with Gasteiger partial charge in [0.2, 0.25) is 5.91 Å². The average molecular weight is 448 g/mol. The fourth-order valence-electron chi connectivity index (χ4n) is 4.42. The molecule has 3 atom stereocenters. The lowest BCUT2D eigenvalue weighted by molar-refractivity contribution is -0.126. The number of methoxy groups -OCH3 is 2. The largest absolute Gasteiger partial charge is 0.497 e. The molecule has 0 unspecified atom stereocenters. The van der Waals surface area contributed by atoms with Crippen LogP contribution in [0.3, 0.4) is 0 Å². The third-order valence-corrected chi connectivity index (χ3v) is 5.97. The predicted octanol–water partition coefficient (Wildman–Crippen LogP) is 3.89. The van der Waals surface area contributed by atoms with Crippen LogP contribution in [0.2, 0.25) is 0 Å². The number of hydrogen-bond acceptors (Lipinski definition) is 6. The first-order chi connectivity index (χ1) is 16.0. The maximum atomic E-state index is 13.7. The first-order valence-corrected chi connectivity index (χ1v) is 10.4. The number of hydroxylamine groups is 1. The summed E-state index contributed by atoms with van der Waals surface area (Å²) in [5.74, 6) is -1.26. The van der Waals surface area contributed by atoms with Crippen molar-refractivity contribution in [3.05, 3.63) is 84.2 Å². The molecule has 2 saturated heterocycles. The van der Waals surface area contributed by atoms with Gasteiger partial charge in [-0.05, 0) is 42.0 Å². The molecule has 0 spiro atoms. The number of nitrogens with zero attached hydrogens (tertiary/aromatic N) is 2. The molecule has 2 fully saturated rings. The molecule has 3 aromatic rings. The molecule has 0 saturated carbocycles. The Bertz CT molecular complexity index is 1200. The number of hydrogen-bond donors (Lipinski definition) is 0. The number of benzene rings is 3. The first-order valence-electron chi connectivity index (χ1n) is 10.4. The number of carbonyl (C=O) groups is 2. The highest BCUT2D eigenvalue weighted by Gasteiger charge is 2.60. The Morgan fingerprint density at radius 3 is 2.27 bits per heavy atom.